The Morgan fingerprint density at radius 2 is 1.59 bits per heavy atom. The Morgan fingerprint density at radius 3 is 2.22 bits per heavy atom. The minimum Gasteiger partial charge on any atom is -0.497 e. The van der Waals surface area contributed by atoms with Crippen molar-refractivity contribution in [2.24, 2.45) is 0 Å². The molecule has 0 aliphatic rings. The van der Waals surface area contributed by atoms with E-state index in [0.717, 1.165) is 35.2 Å². The lowest BCUT2D eigenvalue weighted by Gasteiger charge is -2.15. The average Bonchev–Trinajstić information content (AvgIpc) is 2.69. The molecule has 0 bridgehead atoms. The molecule has 2 aromatic carbocycles. The number of nitrogens with zero attached hydrogens (tertiary/aromatic N) is 2. The van der Waals surface area contributed by atoms with Gasteiger partial charge in [-0.15, -0.1) is 0 Å². The van der Waals surface area contributed by atoms with Crippen LogP contribution in [0.15, 0.2) is 53.5 Å². The maximum Gasteiger partial charge on any atom is 0.258 e. The Labute approximate surface area is 159 Å². The molecular formula is C22H26N2O3. The molecule has 0 aliphatic heterocycles. The minimum atomic E-state index is 0.0138. The van der Waals surface area contributed by atoms with Crippen LogP contribution >= 0.6 is 0 Å². The van der Waals surface area contributed by atoms with E-state index in [1.807, 2.05) is 67.3 Å². The minimum absolute atomic E-state index is 0.0138. The Morgan fingerprint density at radius 1 is 0.926 bits per heavy atom. The van der Waals surface area contributed by atoms with Gasteiger partial charge in [0.2, 0.25) is 0 Å². The summed E-state index contributed by atoms with van der Waals surface area (Å²) in [7, 11) is 7.35. The van der Waals surface area contributed by atoms with E-state index in [1.54, 1.807) is 14.2 Å². The molecule has 5 nitrogen and oxygen atoms in total. The van der Waals surface area contributed by atoms with Gasteiger partial charge in [0, 0.05) is 18.3 Å². The van der Waals surface area contributed by atoms with E-state index < -0.39 is 0 Å². The van der Waals surface area contributed by atoms with Gasteiger partial charge in [-0.25, -0.2) is 0 Å². The van der Waals surface area contributed by atoms with Gasteiger partial charge in [0.15, 0.2) is 0 Å². The number of aryl methyl sites for hydroxylation is 1. The number of aromatic nitrogens is 1. The van der Waals surface area contributed by atoms with Gasteiger partial charge in [0.1, 0.15) is 11.5 Å². The smallest absolute Gasteiger partial charge is 0.258 e. The van der Waals surface area contributed by atoms with Crippen molar-refractivity contribution in [2.75, 3.05) is 34.9 Å². The molecule has 0 unspecified atom stereocenters. The van der Waals surface area contributed by atoms with Crippen LogP contribution in [0.25, 0.3) is 21.9 Å². The second-order valence-electron chi connectivity index (χ2n) is 6.84. The van der Waals surface area contributed by atoms with E-state index in [4.69, 9.17) is 9.47 Å². The van der Waals surface area contributed by atoms with Crippen molar-refractivity contribution < 1.29 is 9.47 Å². The first-order valence-corrected chi connectivity index (χ1v) is 9.04. The molecule has 3 rings (SSSR count). The number of rotatable bonds is 7. The maximum atomic E-state index is 13.0. The van der Waals surface area contributed by atoms with E-state index in [9.17, 15) is 4.79 Å². The summed E-state index contributed by atoms with van der Waals surface area (Å²) in [5, 5.41) is 1.60. The van der Waals surface area contributed by atoms with Crippen LogP contribution in [0, 0.1) is 0 Å². The van der Waals surface area contributed by atoms with Gasteiger partial charge in [-0.3, -0.25) is 4.79 Å². The third-order valence-electron chi connectivity index (χ3n) is 4.70. The van der Waals surface area contributed by atoms with E-state index in [2.05, 4.69) is 4.90 Å². The zero-order valence-electron chi connectivity index (χ0n) is 16.4. The molecule has 5 heteroatoms. The predicted octanol–water partition coefficient (Wildman–Crippen LogP) is 3.64. The first-order chi connectivity index (χ1) is 13.0. The lowest BCUT2D eigenvalue weighted by atomic mass is 10.00. The molecule has 0 radical (unpaired) electrons. The number of methoxy groups -OCH3 is 2. The summed E-state index contributed by atoms with van der Waals surface area (Å²) in [4.78, 5) is 15.2. The van der Waals surface area contributed by atoms with Crippen LogP contribution in [0.5, 0.6) is 11.5 Å². The summed E-state index contributed by atoms with van der Waals surface area (Å²) >= 11 is 0. The van der Waals surface area contributed by atoms with Crippen molar-refractivity contribution in [1.82, 2.24) is 9.47 Å². The molecule has 0 N–H and O–H groups in total. The normalized spacial score (nSPS) is 11.1. The molecule has 0 fully saturated rings. The number of ether oxygens (including phenoxy) is 2. The molecule has 0 atom stereocenters. The molecule has 0 saturated carbocycles. The van der Waals surface area contributed by atoms with E-state index in [-0.39, 0.29) is 5.56 Å². The summed E-state index contributed by atoms with van der Waals surface area (Å²) in [5.41, 5.74) is 2.09. The Balaban J connectivity index is 2.14. The van der Waals surface area contributed by atoms with E-state index in [1.165, 1.54) is 0 Å². The predicted molar refractivity (Wildman–Crippen MR) is 110 cm³/mol. The van der Waals surface area contributed by atoms with Crippen molar-refractivity contribution in [2.45, 2.75) is 13.0 Å². The highest BCUT2D eigenvalue weighted by Gasteiger charge is 2.12. The van der Waals surface area contributed by atoms with Crippen LogP contribution in [0.2, 0.25) is 0 Å². The highest BCUT2D eigenvalue weighted by molar-refractivity contribution is 5.96. The second kappa shape index (κ2) is 8.27. The van der Waals surface area contributed by atoms with Gasteiger partial charge in [-0.2, -0.15) is 0 Å². The summed E-state index contributed by atoms with van der Waals surface area (Å²) in [6.45, 7) is 1.60. The zero-order chi connectivity index (χ0) is 19.4. The largest absolute Gasteiger partial charge is 0.497 e. The van der Waals surface area contributed by atoms with Crippen molar-refractivity contribution in [3.05, 3.63) is 59.0 Å². The fourth-order valence-electron chi connectivity index (χ4n) is 3.22. The van der Waals surface area contributed by atoms with Crippen LogP contribution in [0.4, 0.5) is 0 Å². The lowest BCUT2D eigenvalue weighted by molar-refractivity contribution is 0.385. The SMILES string of the molecule is COc1ccc(-c2cn(CCCN(C)C)c(=O)c3cc(OC)ccc23)cc1. The van der Waals surface area contributed by atoms with Gasteiger partial charge in [-0.1, -0.05) is 12.1 Å². The van der Waals surface area contributed by atoms with E-state index in [0.29, 0.717) is 17.7 Å². The first kappa shape index (κ1) is 19.0. The van der Waals surface area contributed by atoms with Crippen molar-refractivity contribution in [3.63, 3.8) is 0 Å². The fourth-order valence-corrected chi connectivity index (χ4v) is 3.22. The highest BCUT2D eigenvalue weighted by atomic mass is 16.5. The molecule has 1 aromatic heterocycles. The molecule has 3 aromatic rings. The number of hydrogen-bond donors (Lipinski definition) is 0. The van der Waals surface area contributed by atoms with Crippen LogP contribution in [0.1, 0.15) is 6.42 Å². The summed E-state index contributed by atoms with van der Waals surface area (Å²) in [6.07, 6.45) is 2.87. The Kier molecular flexibility index (Phi) is 5.81. The number of pyridine rings is 1. The fraction of sp³-hybridized carbons (Fsp3) is 0.318. The molecule has 1 heterocycles. The van der Waals surface area contributed by atoms with Gasteiger partial charge in [0.25, 0.3) is 5.56 Å². The summed E-state index contributed by atoms with van der Waals surface area (Å²) in [5.74, 6) is 1.50. The third kappa shape index (κ3) is 4.14. The van der Waals surface area contributed by atoms with Crippen molar-refractivity contribution in [1.29, 1.82) is 0 Å². The van der Waals surface area contributed by atoms with Crippen molar-refractivity contribution >= 4 is 10.8 Å². The van der Waals surface area contributed by atoms with Crippen LogP contribution in [-0.2, 0) is 6.54 Å². The third-order valence-corrected chi connectivity index (χ3v) is 4.70. The molecule has 27 heavy (non-hydrogen) atoms. The topological polar surface area (TPSA) is 43.7 Å². The quantitative estimate of drug-likeness (QED) is 0.640. The van der Waals surface area contributed by atoms with Crippen molar-refractivity contribution in [3.8, 4) is 22.6 Å². The number of hydrogen-bond acceptors (Lipinski definition) is 4. The summed E-state index contributed by atoms with van der Waals surface area (Å²) in [6, 6.07) is 13.6. The molecule has 142 valence electrons. The van der Waals surface area contributed by atoms with Gasteiger partial charge in [0.05, 0.1) is 19.6 Å². The lowest BCUT2D eigenvalue weighted by Crippen LogP contribution is -2.23. The Hall–Kier alpha value is -2.79. The second-order valence-corrected chi connectivity index (χ2v) is 6.84. The van der Waals surface area contributed by atoms with Crippen LogP contribution < -0.4 is 15.0 Å². The van der Waals surface area contributed by atoms with E-state index >= 15 is 0 Å². The van der Waals surface area contributed by atoms with Crippen LogP contribution in [-0.4, -0.2) is 44.3 Å². The first-order valence-electron chi connectivity index (χ1n) is 9.04. The van der Waals surface area contributed by atoms with Gasteiger partial charge >= 0.3 is 0 Å². The molecule has 0 amide bonds. The number of benzene rings is 2. The average molecular weight is 366 g/mol. The maximum absolute atomic E-state index is 13.0. The van der Waals surface area contributed by atoms with Gasteiger partial charge < -0.3 is 18.9 Å². The van der Waals surface area contributed by atoms with Gasteiger partial charge in [-0.05, 0) is 68.3 Å². The molecule has 0 saturated heterocycles. The zero-order valence-corrected chi connectivity index (χ0v) is 16.4. The highest BCUT2D eigenvalue weighted by Crippen LogP contribution is 2.30. The Bertz CT molecular complexity index is 975. The molecule has 0 spiro atoms. The summed E-state index contributed by atoms with van der Waals surface area (Å²) < 4.78 is 12.4. The molecule has 0 aliphatic carbocycles. The van der Waals surface area contributed by atoms with Crippen LogP contribution in [0.3, 0.4) is 0 Å². The molecular weight excluding hydrogens is 340 g/mol. The standard InChI is InChI=1S/C22H26N2O3/c1-23(2)12-5-13-24-15-21(16-6-8-17(26-3)9-7-16)19-11-10-18(27-4)14-20(19)22(24)25/h6-11,14-15H,5,12-13H2,1-4H3. The monoisotopic (exact) mass is 366 g/mol. The number of fused-ring (bicyclic) bond motifs is 1.